The number of aromatic nitrogens is 2. The summed E-state index contributed by atoms with van der Waals surface area (Å²) in [4.78, 5) is 8.78. The highest BCUT2D eigenvalue weighted by atomic mass is 35.5. The number of nitrogens with one attached hydrogen (secondary N) is 1. The summed E-state index contributed by atoms with van der Waals surface area (Å²) in [6, 6.07) is 20.4. The maximum atomic E-state index is 10.9. The van der Waals surface area contributed by atoms with Gasteiger partial charge in [0.25, 0.3) is 0 Å². The molecule has 1 atom stereocenters. The molecule has 5 heteroatoms. The molecule has 0 bridgehead atoms. The Hall–Kier alpha value is -3.11. The van der Waals surface area contributed by atoms with Crippen LogP contribution in [0.2, 0.25) is 5.02 Å². The summed E-state index contributed by atoms with van der Waals surface area (Å²) in [6.45, 7) is 0. The van der Waals surface area contributed by atoms with Gasteiger partial charge in [-0.25, -0.2) is 0 Å². The first-order valence-corrected chi connectivity index (χ1v) is 8.60. The van der Waals surface area contributed by atoms with Crippen LogP contribution in [0.15, 0.2) is 79.1 Å². The smallest absolute Gasteiger partial charge is 0.147 e. The molecule has 0 aliphatic carbocycles. The van der Waals surface area contributed by atoms with Crippen molar-refractivity contribution in [2.45, 2.75) is 6.04 Å². The fourth-order valence-electron chi connectivity index (χ4n) is 2.97. The van der Waals surface area contributed by atoms with Gasteiger partial charge in [-0.1, -0.05) is 48.0 Å². The molecule has 0 spiro atoms. The van der Waals surface area contributed by atoms with Gasteiger partial charge in [0.1, 0.15) is 11.3 Å². The van der Waals surface area contributed by atoms with Crippen LogP contribution in [0.5, 0.6) is 5.75 Å². The molecule has 2 N–H and O–H groups in total. The fraction of sp³-hybridized carbons (Fsp3) is 0.0476. The number of para-hydroxylation sites is 1. The summed E-state index contributed by atoms with van der Waals surface area (Å²) in [5.41, 5.74) is 2.80. The summed E-state index contributed by atoms with van der Waals surface area (Å²) in [5.74, 6) is 0.137. The Morgan fingerprint density at radius 1 is 0.846 bits per heavy atom. The molecular weight excluding hydrogens is 346 g/mol. The van der Waals surface area contributed by atoms with Crippen LogP contribution in [0.1, 0.15) is 17.3 Å². The average molecular weight is 362 g/mol. The molecule has 0 saturated carbocycles. The Morgan fingerprint density at radius 3 is 2.46 bits per heavy atom. The molecule has 0 radical (unpaired) electrons. The first-order valence-electron chi connectivity index (χ1n) is 8.22. The summed E-state index contributed by atoms with van der Waals surface area (Å²) >= 11 is 6.32. The molecule has 0 saturated heterocycles. The third-order valence-corrected chi connectivity index (χ3v) is 4.58. The van der Waals surface area contributed by atoms with E-state index in [9.17, 15) is 5.11 Å². The van der Waals surface area contributed by atoms with Crippen molar-refractivity contribution < 1.29 is 5.11 Å². The first-order chi connectivity index (χ1) is 12.7. The van der Waals surface area contributed by atoms with Crippen molar-refractivity contribution in [3.63, 3.8) is 0 Å². The molecule has 0 aliphatic rings. The van der Waals surface area contributed by atoms with Crippen LogP contribution in [0, 0.1) is 0 Å². The van der Waals surface area contributed by atoms with Gasteiger partial charge in [0.2, 0.25) is 0 Å². The van der Waals surface area contributed by atoms with E-state index in [-0.39, 0.29) is 11.8 Å². The molecule has 2 aromatic heterocycles. The molecule has 0 unspecified atom stereocenters. The highest BCUT2D eigenvalue weighted by molar-refractivity contribution is 6.33. The van der Waals surface area contributed by atoms with E-state index in [2.05, 4.69) is 15.3 Å². The Bertz CT molecular complexity index is 1050. The SMILES string of the molecule is Oc1c([C@@H](Nc2ccccc2Cl)c2ccccn2)ccc2cccnc12. The zero-order valence-corrected chi connectivity index (χ0v) is 14.6. The van der Waals surface area contributed by atoms with Gasteiger partial charge < -0.3 is 10.4 Å². The van der Waals surface area contributed by atoms with Gasteiger partial charge in [-0.2, -0.15) is 0 Å². The second kappa shape index (κ2) is 7.02. The second-order valence-corrected chi connectivity index (χ2v) is 6.30. The third-order valence-electron chi connectivity index (χ3n) is 4.25. The third kappa shape index (κ3) is 3.07. The summed E-state index contributed by atoms with van der Waals surface area (Å²) in [6.07, 6.45) is 3.40. The number of rotatable bonds is 4. The molecule has 128 valence electrons. The van der Waals surface area contributed by atoms with Gasteiger partial charge in [-0.15, -0.1) is 0 Å². The molecule has 4 aromatic rings. The Kier molecular flexibility index (Phi) is 4.42. The minimum atomic E-state index is -0.373. The molecule has 2 aromatic carbocycles. The van der Waals surface area contributed by atoms with Crippen LogP contribution < -0.4 is 5.32 Å². The predicted octanol–water partition coefficient (Wildman–Crippen LogP) is 5.19. The molecule has 4 rings (SSSR count). The van der Waals surface area contributed by atoms with Gasteiger partial charge in [0.05, 0.1) is 22.4 Å². The highest BCUT2D eigenvalue weighted by Gasteiger charge is 2.21. The van der Waals surface area contributed by atoms with E-state index in [0.717, 1.165) is 16.8 Å². The summed E-state index contributed by atoms with van der Waals surface area (Å²) in [5, 5.41) is 15.8. The number of aromatic hydroxyl groups is 1. The maximum absolute atomic E-state index is 10.9. The van der Waals surface area contributed by atoms with E-state index in [1.807, 2.05) is 66.7 Å². The van der Waals surface area contributed by atoms with Crippen molar-refractivity contribution in [2.75, 3.05) is 5.32 Å². The minimum Gasteiger partial charge on any atom is -0.505 e. The number of fused-ring (bicyclic) bond motifs is 1. The number of nitrogens with zero attached hydrogens (tertiary/aromatic N) is 2. The highest BCUT2D eigenvalue weighted by Crippen LogP contribution is 2.36. The van der Waals surface area contributed by atoms with Crippen molar-refractivity contribution in [3.8, 4) is 5.75 Å². The van der Waals surface area contributed by atoms with Crippen LogP contribution in [-0.2, 0) is 0 Å². The summed E-state index contributed by atoms with van der Waals surface area (Å²) in [7, 11) is 0. The van der Waals surface area contributed by atoms with Crippen LogP contribution >= 0.6 is 11.6 Å². The number of benzene rings is 2. The Balaban J connectivity index is 1.86. The predicted molar refractivity (Wildman–Crippen MR) is 105 cm³/mol. The van der Waals surface area contributed by atoms with Crippen molar-refractivity contribution >= 4 is 28.2 Å². The first kappa shape index (κ1) is 16.4. The monoisotopic (exact) mass is 361 g/mol. The molecule has 0 fully saturated rings. The van der Waals surface area contributed by atoms with E-state index in [1.165, 1.54) is 0 Å². The van der Waals surface area contributed by atoms with Gasteiger partial charge in [-0.05, 0) is 30.3 Å². The molecule has 4 nitrogen and oxygen atoms in total. The maximum Gasteiger partial charge on any atom is 0.147 e. The number of phenols is 1. The zero-order chi connectivity index (χ0) is 17.9. The number of halogens is 1. The molecule has 0 aliphatic heterocycles. The second-order valence-electron chi connectivity index (χ2n) is 5.89. The van der Waals surface area contributed by atoms with Gasteiger partial charge in [0, 0.05) is 23.3 Å². The minimum absolute atomic E-state index is 0.137. The van der Waals surface area contributed by atoms with Gasteiger partial charge in [0.15, 0.2) is 0 Å². The number of phenolic OH excluding ortho intramolecular Hbond substituents is 1. The lowest BCUT2D eigenvalue weighted by Crippen LogP contribution is -2.14. The van der Waals surface area contributed by atoms with Crippen LogP contribution in [0.25, 0.3) is 10.9 Å². The molecule has 26 heavy (non-hydrogen) atoms. The van der Waals surface area contributed by atoms with Crippen molar-refractivity contribution in [2.24, 2.45) is 0 Å². The normalized spacial score (nSPS) is 12.0. The van der Waals surface area contributed by atoms with E-state index in [0.29, 0.717) is 16.1 Å². The Morgan fingerprint density at radius 2 is 1.65 bits per heavy atom. The van der Waals surface area contributed by atoms with Gasteiger partial charge in [-0.3, -0.25) is 9.97 Å². The Labute approximate surface area is 156 Å². The number of anilines is 1. The lowest BCUT2D eigenvalue weighted by atomic mass is 9.99. The van der Waals surface area contributed by atoms with Crippen molar-refractivity contribution in [1.29, 1.82) is 0 Å². The van der Waals surface area contributed by atoms with E-state index in [1.54, 1.807) is 12.4 Å². The van der Waals surface area contributed by atoms with Crippen molar-refractivity contribution in [1.82, 2.24) is 9.97 Å². The van der Waals surface area contributed by atoms with Crippen LogP contribution in [-0.4, -0.2) is 15.1 Å². The number of pyridine rings is 2. The van der Waals surface area contributed by atoms with E-state index < -0.39 is 0 Å². The van der Waals surface area contributed by atoms with Crippen LogP contribution in [0.3, 0.4) is 0 Å². The standard InChI is InChI=1S/C21H16ClN3O/c22-16-7-1-2-8-17(16)25-20(18-9-3-4-12-23-18)15-11-10-14-6-5-13-24-19(14)21(15)26/h1-13,20,25-26H/t20-/m1/s1. The summed E-state index contributed by atoms with van der Waals surface area (Å²) < 4.78 is 0. The number of hydrogen-bond donors (Lipinski definition) is 2. The lowest BCUT2D eigenvalue weighted by Gasteiger charge is -2.22. The topological polar surface area (TPSA) is 58.0 Å². The molecular formula is C21H16ClN3O. The van der Waals surface area contributed by atoms with Crippen molar-refractivity contribution in [3.05, 3.63) is 95.4 Å². The number of hydrogen-bond acceptors (Lipinski definition) is 4. The fourth-order valence-corrected chi connectivity index (χ4v) is 3.16. The zero-order valence-electron chi connectivity index (χ0n) is 13.8. The van der Waals surface area contributed by atoms with Gasteiger partial charge >= 0.3 is 0 Å². The average Bonchev–Trinajstić information content (AvgIpc) is 2.69. The quantitative estimate of drug-likeness (QED) is 0.525. The van der Waals surface area contributed by atoms with Crippen LogP contribution in [0.4, 0.5) is 5.69 Å². The largest absolute Gasteiger partial charge is 0.505 e. The lowest BCUT2D eigenvalue weighted by molar-refractivity contribution is 0.471. The molecule has 2 heterocycles. The van der Waals surface area contributed by atoms with E-state index in [4.69, 9.17) is 11.6 Å². The van der Waals surface area contributed by atoms with E-state index >= 15 is 0 Å². The molecule has 0 amide bonds.